The van der Waals surface area contributed by atoms with Crippen LogP contribution in [0.4, 0.5) is 0 Å². The minimum absolute atomic E-state index is 0.00743. The molecular weight excluding hydrogens is 342 g/mol. The molecule has 1 fully saturated rings. The van der Waals surface area contributed by atoms with Crippen molar-refractivity contribution < 1.29 is 19.1 Å². The number of nitrogens with zero attached hydrogens (tertiary/aromatic N) is 1. The number of methoxy groups -OCH3 is 1. The predicted octanol–water partition coefficient (Wildman–Crippen LogP) is 3.50. The van der Waals surface area contributed by atoms with Crippen LogP contribution in [0.1, 0.15) is 28.8 Å². The zero-order valence-corrected chi connectivity index (χ0v) is 15.8. The van der Waals surface area contributed by atoms with E-state index in [1.165, 1.54) is 0 Å². The highest BCUT2D eigenvalue weighted by Gasteiger charge is 2.29. The van der Waals surface area contributed by atoms with Crippen LogP contribution in [0.25, 0.3) is 0 Å². The predicted molar refractivity (Wildman–Crippen MR) is 103 cm³/mol. The second-order valence-corrected chi connectivity index (χ2v) is 6.87. The molecule has 1 atom stereocenters. The average molecular weight is 367 g/mol. The van der Waals surface area contributed by atoms with Crippen molar-refractivity contribution in [2.45, 2.75) is 19.8 Å². The maximum Gasteiger partial charge on any atom is 0.260 e. The molecule has 0 N–H and O–H groups in total. The summed E-state index contributed by atoms with van der Waals surface area (Å²) in [5, 5.41) is 0. The van der Waals surface area contributed by atoms with Gasteiger partial charge in [-0.3, -0.25) is 9.59 Å². The summed E-state index contributed by atoms with van der Waals surface area (Å²) in [6.07, 6.45) is 1.62. The number of rotatable bonds is 6. The summed E-state index contributed by atoms with van der Waals surface area (Å²) in [4.78, 5) is 27.0. The van der Waals surface area contributed by atoms with Crippen molar-refractivity contribution in [2.24, 2.45) is 5.92 Å². The minimum Gasteiger partial charge on any atom is -0.497 e. The summed E-state index contributed by atoms with van der Waals surface area (Å²) in [6, 6.07) is 14.7. The number of carbonyl (C=O) groups is 2. The highest BCUT2D eigenvalue weighted by Crippen LogP contribution is 2.23. The Morgan fingerprint density at radius 1 is 1.04 bits per heavy atom. The van der Waals surface area contributed by atoms with E-state index in [0.29, 0.717) is 24.4 Å². The van der Waals surface area contributed by atoms with E-state index in [9.17, 15) is 9.59 Å². The van der Waals surface area contributed by atoms with E-state index in [4.69, 9.17) is 9.47 Å². The van der Waals surface area contributed by atoms with Crippen LogP contribution < -0.4 is 9.47 Å². The van der Waals surface area contributed by atoms with E-state index < -0.39 is 0 Å². The number of amides is 1. The van der Waals surface area contributed by atoms with E-state index in [-0.39, 0.29) is 24.2 Å². The van der Waals surface area contributed by atoms with E-state index >= 15 is 0 Å². The Hall–Kier alpha value is -2.82. The molecule has 142 valence electrons. The molecule has 5 heteroatoms. The number of carbonyl (C=O) groups excluding carboxylic acids is 2. The van der Waals surface area contributed by atoms with Crippen LogP contribution in [0.15, 0.2) is 48.5 Å². The van der Waals surface area contributed by atoms with E-state index in [2.05, 4.69) is 0 Å². The lowest BCUT2D eigenvalue weighted by molar-refractivity contribution is -0.134. The number of ether oxygens (including phenoxy) is 2. The van der Waals surface area contributed by atoms with Gasteiger partial charge in [0, 0.05) is 24.6 Å². The van der Waals surface area contributed by atoms with Crippen molar-refractivity contribution in [2.75, 3.05) is 26.8 Å². The molecule has 1 amide bonds. The Labute approximate surface area is 159 Å². The Morgan fingerprint density at radius 3 is 2.37 bits per heavy atom. The molecule has 1 aliphatic rings. The zero-order valence-electron chi connectivity index (χ0n) is 15.8. The molecule has 1 heterocycles. The Kier molecular flexibility index (Phi) is 6.12. The molecule has 0 bridgehead atoms. The van der Waals surface area contributed by atoms with E-state index in [1.54, 1.807) is 36.3 Å². The molecule has 27 heavy (non-hydrogen) atoms. The first-order chi connectivity index (χ1) is 13.1. The van der Waals surface area contributed by atoms with Crippen LogP contribution in [0.2, 0.25) is 0 Å². The first-order valence-electron chi connectivity index (χ1n) is 9.22. The molecular formula is C22H25NO4. The van der Waals surface area contributed by atoms with Gasteiger partial charge in [0.1, 0.15) is 11.5 Å². The van der Waals surface area contributed by atoms with Gasteiger partial charge in [0.2, 0.25) is 0 Å². The summed E-state index contributed by atoms with van der Waals surface area (Å²) >= 11 is 0. The molecule has 1 aliphatic heterocycles. The first-order valence-corrected chi connectivity index (χ1v) is 9.22. The minimum atomic E-state index is -0.171. The average Bonchev–Trinajstić information content (AvgIpc) is 2.72. The lowest BCUT2D eigenvalue weighted by atomic mass is 9.90. The maximum atomic E-state index is 12.8. The maximum absolute atomic E-state index is 12.8. The van der Waals surface area contributed by atoms with Crippen LogP contribution >= 0.6 is 0 Å². The van der Waals surface area contributed by atoms with Crippen molar-refractivity contribution >= 4 is 11.7 Å². The Bertz CT molecular complexity index is 783. The fourth-order valence-corrected chi connectivity index (χ4v) is 3.28. The number of likely N-dealkylation sites (tertiary alicyclic amines) is 1. The molecule has 0 spiro atoms. The molecule has 2 aromatic carbocycles. The third-order valence-corrected chi connectivity index (χ3v) is 4.90. The monoisotopic (exact) mass is 367 g/mol. The largest absolute Gasteiger partial charge is 0.497 e. The number of hydrogen-bond acceptors (Lipinski definition) is 4. The van der Waals surface area contributed by atoms with Crippen LogP contribution in [-0.4, -0.2) is 43.4 Å². The molecule has 0 aromatic heterocycles. The molecule has 1 saturated heterocycles. The van der Waals surface area contributed by atoms with Crippen molar-refractivity contribution in [3.63, 3.8) is 0 Å². The number of Topliss-reactive ketones (excluding diaryl/α,β-unsaturated/α-hetero) is 1. The number of hydrogen-bond donors (Lipinski definition) is 0. The van der Waals surface area contributed by atoms with Gasteiger partial charge in [-0.15, -0.1) is 0 Å². The van der Waals surface area contributed by atoms with Gasteiger partial charge in [-0.2, -0.15) is 0 Å². The van der Waals surface area contributed by atoms with Crippen LogP contribution in [0, 0.1) is 12.8 Å². The zero-order chi connectivity index (χ0) is 19.2. The highest BCUT2D eigenvalue weighted by molar-refractivity contribution is 5.98. The van der Waals surface area contributed by atoms with E-state index in [0.717, 1.165) is 24.2 Å². The second-order valence-electron chi connectivity index (χ2n) is 6.87. The van der Waals surface area contributed by atoms with Gasteiger partial charge in [0.05, 0.1) is 7.11 Å². The van der Waals surface area contributed by atoms with E-state index in [1.807, 2.05) is 31.2 Å². The van der Waals surface area contributed by atoms with Crippen LogP contribution in [0.3, 0.4) is 0 Å². The normalized spacial score (nSPS) is 16.7. The Balaban J connectivity index is 1.56. The fourth-order valence-electron chi connectivity index (χ4n) is 3.28. The SMILES string of the molecule is COc1ccc(C(=O)C2CCCN(C(=O)COc3ccc(C)cc3)C2)cc1. The van der Waals surface area contributed by atoms with Gasteiger partial charge in [0.25, 0.3) is 5.91 Å². The third-order valence-electron chi connectivity index (χ3n) is 4.90. The lowest BCUT2D eigenvalue weighted by Crippen LogP contribution is -2.44. The topological polar surface area (TPSA) is 55.8 Å². The van der Waals surface area contributed by atoms with Crippen molar-refractivity contribution in [1.29, 1.82) is 0 Å². The molecule has 1 unspecified atom stereocenters. The highest BCUT2D eigenvalue weighted by atomic mass is 16.5. The fraction of sp³-hybridized carbons (Fsp3) is 0.364. The van der Waals surface area contributed by atoms with Gasteiger partial charge < -0.3 is 14.4 Å². The number of piperidine rings is 1. The molecule has 5 nitrogen and oxygen atoms in total. The molecule has 2 aromatic rings. The summed E-state index contributed by atoms with van der Waals surface area (Å²) in [6.45, 7) is 3.11. The van der Waals surface area contributed by atoms with Gasteiger partial charge in [-0.05, 0) is 56.2 Å². The molecule has 0 radical (unpaired) electrons. The standard InChI is InChI=1S/C22H25NO4/c1-16-5-9-20(10-6-16)27-15-21(24)23-13-3-4-18(14-23)22(25)17-7-11-19(26-2)12-8-17/h5-12,18H,3-4,13-15H2,1-2H3. The van der Waals surface area contributed by atoms with Gasteiger partial charge >= 0.3 is 0 Å². The van der Waals surface area contributed by atoms with Gasteiger partial charge in [-0.25, -0.2) is 0 Å². The summed E-state index contributed by atoms with van der Waals surface area (Å²) in [5.74, 6) is 1.23. The van der Waals surface area contributed by atoms with Crippen molar-refractivity contribution in [3.8, 4) is 11.5 Å². The molecule has 3 rings (SSSR count). The third kappa shape index (κ3) is 4.88. The smallest absolute Gasteiger partial charge is 0.260 e. The Morgan fingerprint density at radius 2 is 1.70 bits per heavy atom. The first kappa shape index (κ1) is 19.0. The summed E-state index contributed by atoms with van der Waals surface area (Å²) < 4.78 is 10.7. The molecule has 0 aliphatic carbocycles. The van der Waals surface area contributed by atoms with Crippen molar-refractivity contribution in [1.82, 2.24) is 4.90 Å². The van der Waals surface area contributed by atoms with Crippen LogP contribution in [0.5, 0.6) is 11.5 Å². The number of benzene rings is 2. The van der Waals surface area contributed by atoms with Gasteiger partial charge in [-0.1, -0.05) is 17.7 Å². The van der Waals surface area contributed by atoms with Crippen molar-refractivity contribution in [3.05, 3.63) is 59.7 Å². The number of aryl methyl sites for hydroxylation is 1. The molecule has 0 saturated carbocycles. The van der Waals surface area contributed by atoms with Crippen LogP contribution in [-0.2, 0) is 4.79 Å². The summed E-state index contributed by atoms with van der Waals surface area (Å²) in [5.41, 5.74) is 1.80. The lowest BCUT2D eigenvalue weighted by Gasteiger charge is -2.32. The quantitative estimate of drug-likeness (QED) is 0.733. The van der Waals surface area contributed by atoms with Gasteiger partial charge in [0.15, 0.2) is 12.4 Å². The summed E-state index contributed by atoms with van der Waals surface area (Å²) in [7, 11) is 1.60. The number of ketones is 1. The second kappa shape index (κ2) is 8.71.